The number of carbonyl (C=O) groups is 1. The summed E-state index contributed by atoms with van der Waals surface area (Å²) in [4.78, 5) is 11.9. The van der Waals surface area contributed by atoms with Gasteiger partial charge in [0.25, 0.3) is 0 Å². The number of hydrogen-bond acceptors (Lipinski definition) is 4. The molecule has 0 bridgehead atoms. The fourth-order valence-electron chi connectivity index (χ4n) is 1.55. The molecule has 0 saturated heterocycles. The van der Waals surface area contributed by atoms with E-state index in [2.05, 4.69) is 15.4 Å². The Labute approximate surface area is 120 Å². The Balaban J connectivity index is 2.59. The van der Waals surface area contributed by atoms with E-state index < -0.39 is 10.0 Å². The molecule has 0 heterocycles. The lowest BCUT2D eigenvalue weighted by atomic mass is 10.1. The first-order valence-electron chi connectivity index (χ1n) is 6.41. The van der Waals surface area contributed by atoms with Crippen LogP contribution in [0.4, 0.5) is 11.4 Å². The van der Waals surface area contributed by atoms with Crippen molar-refractivity contribution in [3.05, 3.63) is 24.3 Å². The summed E-state index contributed by atoms with van der Waals surface area (Å²) in [6, 6.07) is 6.52. The Hall–Kier alpha value is -1.60. The van der Waals surface area contributed by atoms with Crippen LogP contribution in [0, 0.1) is 5.92 Å². The van der Waals surface area contributed by atoms with E-state index in [0.717, 1.165) is 12.8 Å². The lowest BCUT2D eigenvalue weighted by molar-refractivity contribution is -0.119. The second-order valence-electron chi connectivity index (χ2n) is 4.65. The fraction of sp³-hybridized carbons (Fsp3) is 0.462. The molecular weight excluding hydrogens is 278 g/mol. The summed E-state index contributed by atoms with van der Waals surface area (Å²) in [5.74, 6) is -0.210. The molecule has 7 heteroatoms. The van der Waals surface area contributed by atoms with Gasteiger partial charge in [-0.25, -0.2) is 8.42 Å². The Kier molecular flexibility index (Phi) is 5.97. The van der Waals surface area contributed by atoms with Gasteiger partial charge in [-0.2, -0.15) is 0 Å². The van der Waals surface area contributed by atoms with Crippen molar-refractivity contribution >= 4 is 27.3 Å². The smallest absolute Gasteiger partial charge is 0.229 e. The quantitative estimate of drug-likeness (QED) is 0.707. The highest BCUT2D eigenvalue weighted by atomic mass is 32.2. The minimum atomic E-state index is -3.28. The van der Waals surface area contributed by atoms with Crippen molar-refractivity contribution in [2.24, 2.45) is 5.92 Å². The third-order valence-electron chi connectivity index (χ3n) is 2.60. The van der Waals surface area contributed by atoms with Crippen LogP contribution in [-0.2, 0) is 14.8 Å². The molecule has 0 aliphatic carbocycles. The summed E-state index contributed by atoms with van der Waals surface area (Å²) in [5, 5.41) is 5.90. The summed E-state index contributed by atoms with van der Waals surface area (Å²) in [6.45, 7) is 5.27. The summed E-state index contributed by atoms with van der Waals surface area (Å²) in [6.07, 6.45) is 1.09. The average Bonchev–Trinajstić information content (AvgIpc) is 2.36. The number of rotatable bonds is 7. The van der Waals surface area contributed by atoms with Crippen molar-refractivity contribution in [2.45, 2.75) is 13.8 Å². The Bertz CT molecular complexity index is 540. The third kappa shape index (κ3) is 6.03. The number of nitrogens with one attached hydrogen (secondary N) is 3. The molecule has 0 fully saturated rings. The van der Waals surface area contributed by atoms with Crippen LogP contribution in [0.5, 0.6) is 0 Å². The second kappa shape index (κ2) is 7.25. The summed E-state index contributed by atoms with van der Waals surface area (Å²) in [5.41, 5.74) is 1.10. The molecule has 0 spiro atoms. The molecule has 1 aromatic carbocycles. The molecule has 20 heavy (non-hydrogen) atoms. The zero-order valence-electron chi connectivity index (χ0n) is 11.9. The zero-order chi connectivity index (χ0) is 15.2. The molecule has 6 nitrogen and oxygen atoms in total. The predicted octanol–water partition coefficient (Wildman–Crippen LogP) is 1.24. The van der Waals surface area contributed by atoms with Gasteiger partial charge in [0, 0.05) is 23.8 Å². The van der Waals surface area contributed by atoms with Gasteiger partial charge in [0.05, 0.1) is 6.26 Å². The third-order valence-corrected chi connectivity index (χ3v) is 3.21. The van der Waals surface area contributed by atoms with E-state index in [1.807, 2.05) is 13.8 Å². The molecule has 0 aliphatic heterocycles. The van der Waals surface area contributed by atoms with Gasteiger partial charge in [-0.1, -0.05) is 13.8 Å². The molecule has 0 saturated carbocycles. The van der Waals surface area contributed by atoms with E-state index in [4.69, 9.17) is 0 Å². The largest absolute Gasteiger partial charge is 0.326 e. The van der Waals surface area contributed by atoms with E-state index in [1.165, 1.54) is 0 Å². The molecule has 1 atom stereocenters. The lowest BCUT2D eigenvalue weighted by Crippen LogP contribution is -2.30. The molecular formula is C13H21N3O3S. The van der Waals surface area contributed by atoms with Crippen LogP contribution in [0.3, 0.4) is 0 Å². The zero-order valence-corrected chi connectivity index (χ0v) is 12.8. The first-order chi connectivity index (χ1) is 9.31. The average molecular weight is 299 g/mol. The highest BCUT2D eigenvalue weighted by molar-refractivity contribution is 7.92. The van der Waals surface area contributed by atoms with Gasteiger partial charge < -0.3 is 10.6 Å². The number of benzene rings is 1. The summed E-state index contributed by atoms with van der Waals surface area (Å²) in [7, 11) is -3.28. The number of hydrogen-bond donors (Lipinski definition) is 3. The Morgan fingerprint density at radius 3 is 2.25 bits per heavy atom. The second-order valence-corrected chi connectivity index (χ2v) is 6.40. The van der Waals surface area contributed by atoms with E-state index in [-0.39, 0.29) is 11.8 Å². The van der Waals surface area contributed by atoms with Gasteiger partial charge in [-0.05, 0) is 30.8 Å². The standard InChI is InChI=1S/C13H21N3O3S/c1-4-14-9-10(2)13(17)15-11-5-7-12(8-6-11)16-20(3,18)19/h5-8,10,14,16H,4,9H2,1-3H3,(H,15,17). The number of sulfonamides is 1. The van der Waals surface area contributed by atoms with Crippen LogP contribution >= 0.6 is 0 Å². The maximum Gasteiger partial charge on any atom is 0.229 e. The topological polar surface area (TPSA) is 87.3 Å². The maximum atomic E-state index is 11.9. The number of carbonyl (C=O) groups excluding carboxylic acids is 1. The van der Waals surface area contributed by atoms with Crippen molar-refractivity contribution in [2.75, 3.05) is 29.4 Å². The van der Waals surface area contributed by atoms with Gasteiger partial charge in [0.15, 0.2) is 0 Å². The first-order valence-corrected chi connectivity index (χ1v) is 8.30. The summed E-state index contributed by atoms with van der Waals surface area (Å²) < 4.78 is 24.5. The lowest BCUT2D eigenvalue weighted by Gasteiger charge is -2.13. The van der Waals surface area contributed by atoms with Crippen molar-refractivity contribution in [3.8, 4) is 0 Å². The molecule has 1 unspecified atom stereocenters. The molecule has 0 aromatic heterocycles. The monoisotopic (exact) mass is 299 g/mol. The fourth-order valence-corrected chi connectivity index (χ4v) is 2.12. The van der Waals surface area contributed by atoms with Gasteiger partial charge >= 0.3 is 0 Å². The van der Waals surface area contributed by atoms with E-state index >= 15 is 0 Å². The molecule has 0 radical (unpaired) electrons. The molecule has 3 N–H and O–H groups in total. The molecule has 1 amide bonds. The van der Waals surface area contributed by atoms with Crippen LogP contribution in [0.15, 0.2) is 24.3 Å². The Morgan fingerprint density at radius 1 is 1.20 bits per heavy atom. The van der Waals surface area contributed by atoms with Crippen molar-refractivity contribution in [3.63, 3.8) is 0 Å². The summed E-state index contributed by atoms with van der Waals surface area (Å²) >= 11 is 0. The van der Waals surface area contributed by atoms with Gasteiger partial charge in [-0.3, -0.25) is 9.52 Å². The molecule has 1 rings (SSSR count). The van der Waals surface area contributed by atoms with Crippen molar-refractivity contribution < 1.29 is 13.2 Å². The normalized spacial score (nSPS) is 12.8. The molecule has 1 aromatic rings. The van der Waals surface area contributed by atoms with Crippen LogP contribution in [0.2, 0.25) is 0 Å². The van der Waals surface area contributed by atoms with Gasteiger partial charge in [0.1, 0.15) is 0 Å². The van der Waals surface area contributed by atoms with Crippen molar-refractivity contribution in [1.82, 2.24) is 5.32 Å². The number of anilines is 2. The van der Waals surface area contributed by atoms with E-state index in [9.17, 15) is 13.2 Å². The van der Waals surface area contributed by atoms with E-state index in [0.29, 0.717) is 17.9 Å². The highest BCUT2D eigenvalue weighted by Crippen LogP contribution is 2.15. The Morgan fingerprint density at radius 2 is 1.75 bits per heavy atom. The van der Waals surface area contributed by atoms with Crippen LogP contribution in [0.1, 0.15) is 13.8 Å². The number of amides is 1. The van der Waals surface area contributed by atoms with Crippen molar-refractivity contribution in [1.29, 1.82) is 0 Å². The maximum absolute atomic E-state index is 11.9. The molecule has 0 aliphatic rings. The van der Waals surface area contributed by atoms with E-state index in [1.54, 1.807) is 24.3 Å². The minimum Gasteiger partial charge on any atom is -0.326 e. The van der Waals surface area contributed by atoms with Gasteiger partial charge in [0.2, 0.25) is 15.9 Å². The van der Waals surface area contributed by atoms with Crippen LogP contribution in [-0.4, -0.2) is 33.7 Å². The minimum absolute atomic E-state index is 0.0743. The predicted molar refractivity (Wildman–Crippen MR) is 81.2 cm³/mol. The van der Waals surface area contributed by atoms with Gasteiger partial charge in [-0.15, -0.1) is 0 Å². The van der Waals surface area contributed by atoms with Crippen LogP contribution in [0.25, 0.3) is 0 Å². The SMILES string of the molecule is CCNCC(C)C(=O)Nc1ccc(NS(C)(=O)=O)cc1. The first kappa shape index (κ1) is 16.5. The molecule has 112 valence electrons. The van der Waals surface area contributed by atoms with Crippen LogP contribution < -0.4 is 15.4 Å². The highest BCUT2D eigenvalue weighted by Gasteiger charge is 2.12.